The van der Waals surface area contributed by atoms with E-state index in [0.29, 0.717) is 6.42 Å². The molecule has 2 aromatic carbocycles. The van der Waals surface area contributed by atoms with Crippen LogP contribution in [0.2, 0.25) is 0 Å². The lowest BCUT2D eigenvalue weighted by atomic mass is 9.77. The van der Waals surface area contributed by atoms with Crippen LogP contribution < -0.4 is 4.74 Å². The predicted octanol–water partition coefficient (Wildman–Crippen LogP) is 5.86. The number of fused-ring (bicyclic) bond motifs is 1. The van der Waals surface area contributed by atoms with Crippen LogP contribution in [0.25, 0.3) is 15.8 Å². The molecular weight excluding hydrogens is 382 g/mol. The van der Waals surface area contributed by atoms with Crippen LogP contribution in [0, 0.1) is 0 Å². The Kier molecular flexibility index (Phi) is 4.47. The number of allylic oxidation sites excluding steroid dienone is 4. The van der Waals surface area contributed by atoms with E-state index in [-0.39, 0.29) is 11.7 Å². The van der Waals surface area contributed by atoms with Crippen LogP contribution in [0.1, 0.15) is 42.7 Å². The van der Waals surface area contributed by atoms with E-state index in [1.165, 1.54) is 0 Å². The van der Waals surface area contributed by atoms with Crippen molar-refractivity contribution in [2.24, 2.45) is 0 Å². The molecule has 0 saturated heterocycles. The molecule has 0 N–H and O–H groups in total. The van der Waals surface area contributed by atoms with E-state index in [1.54, 1.807) is 18.4 Å². The second-order valence-electron chi connectivity index (χ2n) is 7.38. The lowest BCUT2D eigenvalue weighted by molar-refractivity contribution is -0.116. The van der Waals surface area contributed by atoms with Crippen molar-refractivity contribution in [3.8, 4) is 5.75 Å². The van der Waals surface area contributed by atoms with E-state index in [0.717, 1.165) is 62.0 Å². The number of ketones is 1. The first-order chi connectivity index (χ1) is 14.2. The van der Waals surface area contributed by atoms with Crippen molar-refractivity contribution < 1.29 is 14.3 Å². The third-order valence-electron chi connectivity index (χ3n) is 5.61. The van der Waals surface area contributed by atoms with Gasteiger partial charge in [0.1, 0.15) is 22.3 Å². The summed E-state index contributed by atoms with van der Waals surface area (Å²) in [7, 11) is 1.66. The third kappa shape index (κ3) is 3.06. The Bertz CT molecular complexity index is 1140. The van der Waals surface area contributed by atoms with Crippen LogP contribution in [-0.4, -0.2) is 17.9 Å². The van der Waals surface area contributed by atoms with E-state index in [1.807, 2.05) is 49.4 Å². The number of thiazole rings is 1. The summed E-state index contributed by atoms with van der Waals surface area (Å²) in [6.07, 6.45) is 2.22. The Morgan fingerprint density at radius 3 is 2.62 bits per heavy atom. The van der Waals surface area contributed by atoms with E-state index in [4.69, 9.17) is 14.5 Å². The molecule has 0 spiro atoms. The number of aromatic nitrogens is 1. The molecular formula is C24H21NO3S. The highest BCUT2D eigenvalue weighted by Gasteiger charge is 2.38. The molecule has 3 aromatic rings. The second-order valence-corrected chi connectivity index (χ2v) is 8.41. The van der Waals surface area contributed by atoms with Gasteiger partial charge in [0, 0.05) is 29.9 Å². The summed E-state index contributed by atoms with van der Waals surface area (Å²) in [6.45, 7) is 1.99. The molecule has 1 atom stereocenters. The van der Waals surface area contributed by atoms with Crippen LogP contribution in [-0.2, 0) is 9.53 Å². The highest BCUT2D eigenvalue weighted by Crippen LogP contribution is 2.49. The number of carbonyl (C=O) groups excluding carboxylic acids is 1. The van der Waals surface area contributed by atoms with Gasteiger partial charge in [0.25, 0.3) is 0 Å². The summed E-state index contributed by atoms with van der Waals surface area (Å²) in [4.78, 5) is 17.9. The van der Waals surface area contributed by atoms with E-state index < -0.39 is 0 Å². The van der Waals surface area contributed by atoms with Crippen LogP contribution >= 0.6 is 11.3 Å². The smallest absolute Gasteiger partial charge is 0.163 e. The molecule has 2 aliphatic rings. The number of ether oxygens (including phenoxy) is 2. The zero-order valence-electron chi connectivity index (χ0n) is 16.4. The molecule has 5 rings (SSSR count). The highest BCUT2D eigenvalue weighted by molar-refractivity contribution is 7.19. The van der Waals surface area contributed by atoms with Crippen molar-refractivity contribution in [1.82, 2.24) is 4.98 Å². The SMILES string of the molecule is COc1ccc(C2C3=C(CCCC3=O)OC(C)=C2c2nc3ccccc3s2)cc1. The molecule has 0 radical (unpaired) electrons. The average molecular weight is 404 g/mol. The Labute approximate surface area is 173 Å². The summed E-state index contributed by atoms with van der Waals surface area (Å²) in [5, 5.41) is 0.912. The van der Waals surface area contributed by atoms with Gasteiger partial charge in [0.2, 0.25) is 0 Å². The Hall–Kier alpha value is -2.92. The van der Waals surface area contributed by atoms with Gasteiger partial charge in [-0.3, -0.25) is 4.79 Å². The third-order valence-corrected chi connectivity index (χ3v) is 6.68. The number of hydrogen-bond donors (Lipinski definition) is 0. The van der Waals surface area contributed by atoms with Gasteiger partial charge in [-0.15, -0.1) is 11.3 Å². The van der Waals surface area contributed by atoms with E-state index >= 15 is 0 Å². The number of methoxy groups -OCH3 is 1. The zero-order valence-corrected chi connectivity index (χ0v) is 17.2. The minimum atomic E-state index is -0.169. The lowest BCUT2D eigenvalue weighted by Crippen LogP contribution is -2.24. The van der Waals surface area contributed by atoms with Crippen LogP contribution in [0.5, 0.6) is 5.75 Å². The molecule has 0 saturated carbocycles. The van der Waals surface area contributed by atoms with Gasteiger partial charge in [0.05, 0.1) is 17.3 Å². The molecule has 4 nitrogen and oxygen atoms in total. The first-order valence-corrected chi connectivity index (χ1v) is 10.6. The van der Waals surface area contributed by atoms with Crippen molar-refractivity contribution >= 4 is 32.9 Å². The minimum Gasteiger partial charge on any atom is -0.497 e. The number of benzene rings is 2. The van der Waals surface area contributed by atoms with Crippen molar-refractivity contribution in [2.45, 2.75) is 32.1 Å². The molecule has 0 fully saturated rings. The molecule has 5 heteroatoms. The maximum absolute atomic E-state index is 13.0. The molecule has 29 heavy (non-hydrogen) atoms. The number of para-hydroxylation sites is 1. The monoisotopic (exact) mass is 403 g/mol. The normalized spacial score (nSPS) is 19.4. The van der Waals surface area contributed by atoms with Crippen molar-refractivity contribution in [3.63, 3.8) is 0 Å². The zero-order chi connectivity index (χ0) is 20.0. The van der Waals surface area contributed by atoms with Crippen molar-refractivity contribution in [1.29, 1.82) is 0 Å². The summed E-state index contributed by atoms with van der Waals surface area (Å²) in [6, 6.07) is 16.1. The standard InChI is InChI=1S/C24H21NO3S/c1-14-21(24-25-17-6-3-4-9-20(17)29-24)22(15-10-12-16(27-2)13-11-15)23-18(26)7-5-8-19(23)28-14/h3-4,6,9-13,22H,5,7-8H2,1-2H3. The number of Topliss-reactive ketones (excluding diaryl/α,β-unsaturated/α-hetero) is 1. The number of hydrogen-bond acceptors (Lipinski definition) is 5. The fraction of sp³-hybridized carbons (Fsp3) is 0.250. The number of nitrogens with zero attached hydrogens (tertiary/aromatic N) is 1. The molecule has 1 aliphatic carbocycles. The first kappa shape index (κ1) is 18.1. The van der Waals surface area contributed by atoms with Gasteiger partial charge in [-0.2, -0.15) is 0 Å². The largest absolute Gasteiger partial charge is 0.497 e. The molecule has 2 heterocycles. The molecule has 1 unspecified atom stereocenters. The van der Waals surface area contributed by atoms with Gasteiger partial charge in [0.15, 0.2) is 5.78 Å². The summed E-state index contributed by atoms with van der Waals surface area (Å²) in [5.41, 5.74) is 3.81. The van der Waals surface area contributed by atoms with Gasteiger partial charge in [-0.1, -0.05) is 24.3 Å². The van der Waals surface area contributed by atoms with E-state index in [9.17, 15) is 4.79 Å². The van der Waals surface area contributed by atoms with Gasteiger partial charge in [-0.25, -0.2) is 4.98 Å². The lowest BCUT2D eigenvalue weighted by Gasteiger charge is -2.33. The summed E-state index contributed by atoms with van der Waals surface area (Å²) >= 11 is 1.65. The average Bonchev–Trinajstić information content (AvgIpc) is 3.16. The minimum absolute atomic E-state index is 0.169. The molecule has 1 aliphatic heterocycles. The van der Waals surface area contributed by atoms with Crippen LogP contribution in [0.15, 0.2) is 65.6 Å². The molecule has 146 valence electrons. The van der Waals surface area contributed by atoms with Crippen molar-refractivity contribution in [3.05, 3.63) is 76.2 Å². The van der Waals surface area contributed by atoms with Gasteiger partial charge < -0.3 is 9.47 Å². The summed E-state index contributed by atoms with van der Waals surface area (Å²) in [5.74, 6) is 2.46. The molecule has 0 bridgehead atoms. The summed E-state index contributed by atoms with van der Waals surface area (Å²) < 4.78 is 12.7. The number of carbonyl (C=O) groups is 1. The van der Waals surface area contributed by atoms with Crippen LogP contribution in [0.4, 0.5) is 0 Å². The Balaban J connectivity index is 1.71. The predicted molar refractivity (Wildman–Crippen MR) is 115 cm³/mol. The Morgan fingerprint density at radius 1 is 1.07 bits per heavy atom. The quantitative estimate of drug-likeness (QED) is 0.550. The van der Waals surface area contributed by atoms with E-state index in [2.05, 4.69) is 6.07 Å². The Morgan fingerprint density at radius 2 is 1.86 bits per heavy atom. The second kappa shape index (κ2) is 7.16. The highest BCUT2D eigenvalue weighted by atomic mass is 32.1. The maximum Gasteiger partial charge on any atom is 0.163 e. The number of rotatable bonds is 3. The van der Waals surface area contributed by atoms with Crippen LogP contribution in [0.3, 0.4) is 0 Å². The van der Waals surface area contributed by atoms with Gasteiger partial charge >= 0.3 is 0 Å². The van der Waals surface area contributed by atoms with Gasteiger partial charge in [-0.05, 0) is 43.2 Å². The fourth-order valence-corrected chi connectivity index (χ4v) is 5.33. The first-order valence-electron chi connectivity index (χ1n) is 9.80. The van der Waals surface area contributed by atoms with Crippen molar-refractivity contribution in [2.75, 3.05) is 7.11 Å². The topological polar surface area (TPSA) is 48.4 Å². The molecule has 0 amide bonds. The molecule has 1 aromatic heterocycles. The maximum atomic E-state index is 13.0. The fourth-order valence-electron chi connectivity index (χ4n) is 4.24.